The summed E-state index contributed by atoms with van der Waals surface area (Å²) in [5.74, 6) is 0.0381. The van der Waals surface area contributed by atoms with Gasteiger partial charge in [-0.2, -0.15) is 11.8 Å². The second kappa shape index (κ2) is 12.1. The predicted octanol–water partition coefficient (Wildman–Crippen LogP) is 2.36. The lowest BCUT2D eigenvalue weighted by Crippen LogP contribution is -2.48. The van der Waals surface area contributed by atoms with E-state index in [1.54, 1.807) is 26.0 Å². The number of rotatable bonds is 14. The third-order valence-electron chi connectivity index (χ3n) is 4.91. The summed E-state index contributed by atoms with van der Waals surface area (Å²) in [7, 11) is -4.26. The molecule has 1 rings (SSSR count). The van der Waals surface area contributed by atoms with Gasteiger partial charge < -0.3 is 23.2 Å². The maximum absolute atomic E-state index is 12.5. The van der Waals surface area contributed by atoms with Crippen molar-refractivity contribution in [3.8, 4) is 0 Å². The summed E-state index contributed by atoms with van der Waals surface area (Å²) in [6, 6.07) is 5.72. The second-order valence-corrected chi connectivity index (χ2v) is 13.9. The molecular weight excluding hydrogens is 460 g/mol. The van der Waals surface area contributed by atoms with E-state index < -0.39 is 24.1 Å². The molecule has 1 unspecified atom stereocenters. The molecule has 0 spiro atoms. The third kappa shape index (κ3) is 8.33. The van der Waals surface area contributed by atoms with E-state index in [-0.39, 0.29) is 29.6 Å². The lowest BCUT2D eigenvalue weighted by atomic mass is 9.80. The van der Waals surface area contributed by atoms with Gasteiger partial charge in [0.15, 0.2) is 0 Å². The van der Waals surface area contributed by atoms with Crippen LogP contribution in [-0.2, 0) is 28.5 Å². The van der Waals surface area contributed by atoms with Crippen LogP contribution >= 0.6 is 11.8 Å². The van der Waals surface area contributed by atoms with E-state index in [1.165, 1.54) is 44.2 Å². The Bertz CT molecular complexity index is 812. The summed E-state index contributed by atoms with van der Waals surface area (Å²) in [5, 5.41) is 10.1. The van der Waals surface area contributed by atoms with Gasteiger partial charge in [0.05, 0.1) is 16.5 Å². The van der Waals surface area contributed by atoms with E-state index in [2.05, 4.69) is 6.58 Å². The largest absolute Gasteiger partial charge is 0.744 e. The Morgan fingerprint density at radius 2 is 1.87 bits per heavy atom. The maximum atomic E-state index is 12.5. The fourth-order valence-corrected chi connectivity index (χ4v) is 7.45. The van der Waals surface area contributed by atoms with Crippen molar-refractivity contribution in [1.82, 2.24) is 0 Å². The predicted molar refractivity (Wildman–Crippen MR) is 121 cm³/mol. The van der Waals surface area contributed by atoms with Crippen molar-refractivity contribution in [2.45, 2.75) is 31.1 Å². The zero-order chi connectivity index (χ0) is 23.7. The zero-order valence-electron chi connectivity index (χ0n) is 18.3. The number of esters is 1. The SMILES string of the molecule is C=CCOC(=O)C(C)(C)CC(CSC[Si](CO)(OC)OC)c1ccc(S(=O)(=O)[O-])cc1. The van der Waals surface area contributed by atoms with E-state index in [0.717, 1.165) is 5.56 Å². The summed E-state index contributed by atoms with van der Waals surface area (Å²) < 4.78 is 49.8. The Balaban J connectivity index is 3.09. The van der Waals surface area contributed by atoms with E-state index >= 15 is 0 Å². The number of aliphatic hydroxyl groups is 1. The minimum Gasteiger partial charge on any atom is -0.744 e. The number of hydrogen-bond donors (Lipinski definition) is 1. The van der Waals surface area contributed by atoms with Crippen LogP contribution in [0.3, 0.4) is 0 Å². The molecule has 0 heterocycles. The summed E-state index contributed by atoms with van der Waals surface area (Å²) in [5.41, 5.74) is -0.0264. The number of benzene rings is 1. The molecule has 1 aromatic rings. The number of thioether (sulfide) groups is 1. The van der Waals surface area contributed by atoms with Crippen molar-refractivity contribution in [3.05, 3.63) is 42.5 Å². The quantitative estimate of drug-likeness (QED) is 0.181. The van der Waals surface area contributed by atoms with Crippen molar-refractivity contribution < 1.29 is 36.5 Å². The molecule has 8 nitrogen and oxygen atoms in total. The van der Waals surface area contributed by atoms with E-state index in [9.17, 15) is 22.9 Å². The van der Waals surface area contributed by atoms with Crippen molar-refractivity contribution in [1.29, 1.82) is 0 Å². The zero-order valence-corrected chi connectivity index (χ0v) is 21.0. The van der Waals surface area contributed by atoms with E-state index in [4.69, 9.17) is 13.6 Å². The van der Waals surface area contributed by atoms with E-state index in [1.807, 2.05) is 0 Å². The van der Waals surface area contributed by atoms with Crippen molar-refractivity contribution in [2.24, 2.45) is 5.41 Å². The third-order valence-corrected chi connectivity index (χ3v) is 10.9. The van der Waals surface area contributed by atoms with Gasteiger partial charge in [-0.15, -0.1) is 0 Å². The van der Waals surface area contributed by atoms with Crippen LogP contribution in [0.15, 0.2) is 41.8 Å². The van der Waals surface area contributed by atoms with Crippen LogP contribution < -0.4 is 0 Å². The molecule has 1 N–H and O–H groups in total. The Morgan fingerprint density at radius 1 is 1.29 bits per heavy atom. The molecule has 176 valence electrons. The van der Waals surface area contributed by atoms with Gasteiger partial charge in [0.1, 0.15) is 16.7 Å². The van der Waals surface area contributed by atoms with Gasteiger partial charge in [-0.1, -0.05) is 24.8 Å². The lowest BCUT2D eigenvalue weighted by molar-refractivity contribution is -0.153. The van der Waals surface area contributed by atoms with Gasteiger partial charge in [0.2, 0.25) is 0 Å². The molecular formula is C20H31O8S2Si-. The normalized spacial score (nSPS) is 13.6. The molecule has 0 fully saturated rings. The van der Waals surface area contributed by atoms with Gasteiger partial charge in [-0.3, -0.25) is 4.79 Å². The highest BCUT2D eigenvalue weighted by molar-refractivity contribution is 8.00. The second-order valence-electron chi connectivity index (χ2n) is 7.69. The molecule has 0 saturated carbocycles. The Labute approximate surface area is 190 Å². The average Bonchev–Trinajstić information content (AvgIpc) is 2.74. The van der Waals surface area contributed by atoms with Crippen LogP contribution in [0, 0.1) is 5.41 Å². The van der Waals surface area contributed by atoms with Crippen LogP contribution in [0.4, 0.5) is 0 Å². The molecule has 0 bridgehead atoms. The topological polar surface area (TPSA) is 122 Å². The first-order valence-electron chi connectivity index (χ1n) is 9.57. The average molecular weight is 492 g/mol. The molecule has 0 aliphatic rings. The summed E-state index contributed by atoms with van der Waals surface area (Å²) >= 11 is 1.52. The highest BCUT2D eigenvalue weighted by Gasteiger charge is 2.37. The van der Waals surface area contributed by atoms with Gasteiger partial charge in [-0.25, -0.2) is 8.42 Å². The number of aliphatic hydroxyl groups excluding tert-OH is 1. The monoisotopic (exact) mass is 491 g/mol. The van der Waals surface area contributed by atoms with Gasteiger partial charge in [0.25, 0.3) is 0 Å². The number of hydrogen-bond acceptors (Lipinski definition) is 9. The minimum atomic E-state index is -4.54. The van der Waals surface area contributed by atoms with Crippen LogP contribution in [-0.4, -0.2) is 70.8 Å². The van der Waals surface area contributed by atoms with Crippen LogP contribution in [0.1, 0.15) is 31.7 Å². The molecule has 31 heavy (non-hydrogen) atoms. The molecule has 11 heteroatoms. The maximum Gasteiger partial charge on any atom is 0.374 e. The molecule has 0 amide bonds. The summed E-state index contributed by atoms with van der Waals surface area (Å²) in [6.07, 6.45) is 1.73. The molecule has 0 aromatic heterocycles. The van der Waals surface area contributed by atoms with Crippen molar-refractivity contribution in [2.75, 3.05) is 38.2 Å². The number of carbonyl (C=O) groups is 1. The highest BCUT2D eigenvalue weighted by Crippen LogP contribution is 2.36. The van der Waals surface area contributed by atoms with Crippen LogP contribution in [0.25, 0.3) is 0 Å². The summed E-state index contributed by atoms with van der Waals surface area (Å²) in [6.45, 7) is 7.22. The smallest absolute Gasteiger partial charge is 0.374 e. The fourth-order valence-electron chi connectivity index (χ4n) is 2.94. The van der Waals surface area contributed by atoms with Crippen LogP contribution in [0.5, 0.6) is 0 Å². The first-order valence-corrected chi connectivity index (χ1v) is 14.4. The number of carbonyl (C=O) groups excluding carboxylic acids is 1. The van der Waals surface area contributed by atoms with Gasteiger partial charge in [-0.05, 0) is 43.9 Å². The lowest BCUT2D eigenvalue weighted by Gasteiger charge is -2.29. The fraction of sp³-hybridized carbons (Fsp3) is 0.550. The van der Waals surface area contributed by atoms with E-state index in [0.29, 0.717) is 17.5 Å². The molecule has 0 radical (unpaired) electrons. The molecule has 0 aliphatic carbocycles. The molecule has 0 saturated heterocycles. The molecule has 1 atom stereocenters. The first-order chi connectivity index (χ1) is 14.4. The minimum absolute atomic E-state index is 0.115. The Kier molecular flexibility index (Phi) is 10.9. The number of ether oxygens (including phenoxy) is 1. The summed E-state index contributed by atoms with van der Waals surface area (Å²) in [4.78, 5) is 12.2. The van der Waals surface area contributed by atoms with Crippen LogP contribution in [0.2, 0.25) is 0 Å². The Morgan fingerprint density at radius 3 is 2.32 bits per heavy atom. The van der Waals surface area contributed by atoms with Crippen molar-refractivity contribution >= 4 is 36.4 Å². The molecule has 1 aromatic carbocycles. The highest BCUT2D eigenvalue weighted by atomic mass is 32.2. The van der Waals surface area contributed by atoms with Crippen molar-refractivity contribution in [3.63, 3.8) is 0 Å². The van der Waals surface area contributed by atoms with Gasteiger partial charge in [0, 0.05) is 25.3 Å². The first kappa shape index (κ1) is 27.8. The molecule has 0 aliphatic heterocycles. The van der Waals surface area contributed by atoms with Gasteiger partial charge >= 0.3 is 14.5 Å². The Hall–Kier alpha value is -1.21. The standard InChI is InChI=1S/C20H32O8S2Si/c1-6-11-28-19(22)20(2,3)12-17(13-29-15-31(14-21,26-4)27-5)16-7-9-18(10-8-16)30(23,24)25/h6-10,17,21H,1,11-15H2,2-5H3,(H,23,24,25)/p-1.